The van der Waals surface area contributed by atoms with Crippen LogP contribution in [0.15, 0.2) is 24.5 Å². The molecule has 1 aromatic rings. The monoisotopic (exact) mass is 345 g/mol. The summed E-state index contributed by atoms with van der Waals surface area (Å²) in [5.41, 5.74) is 1.25. The van der Waals surface area contributed by atoms with Crippen LogP contribution in [0.1, 0.15) is 50.1 Å². The van der Waals surface area contributed by atoms with Crippen LogP contribution in [0.25, 0.3) is 0 Å². The molecule has 2 saturated heterocycles. The van der Waals surface area contributed by atoms with Gasteiger partial charge in [0.25, 0.3) is 0 Å². The van der Waals surface area contributed by atoms with Crippen molar-refractivity contribution in [1.29, 1.82) is 0 Å². The van der Waals surface area contributed by atoms with E-state index in [1.54, 1.807) is 0 Å². The number of carbonyl (C=O) groups excluding carboxylic acids is 1. The topological polar surface area (TPSA) is 45.7 Å². The maximum absolute atomic E-state index is 12.5. The zero-order valence-corrected chi connectivity index (χ0v) is 15.6. The van der Waals surface area contributed by atoms with E-state index in [1.165, 1.54) is 12.0 Å². The Morgan fingerprint density at radius 3 is 3.00 bits per heavy atom. The van der Waals surface area contributed by atoms with Gasteiger partial charge in [-0.25, -0.2) is 0 Å². The van der Waals surface area contributed by atoms with E-state index in [4.69, 9.17) is 4.74 Å². The van der Waals surface area contributed by atoms with Crippen molar-refractivity contribution in [3.8, 4) is 0 Å². The summed E-state index contributed by atoms with van der Waals surface area (Å²) in [5, 5.41) is 0. The highest BCUT2D eigenvalue weighted by atomic mass is 16.5. The summed E-state index contributed by atoms with van der Waals surface area (Å²) < 4.78 is 5.75. The lowest BCUT2D eigenvalue weighted by Gasteiger charge is -2.29. The second kappa shape index (κ2) is 8.77. The summed E-state index contributed by atoms with van der Waals surface area (Å²) in [6.07, 6.45) is 10.1. The second-order valence-corrected chi connectivity index (χ2v) is 7.56. The molecule has 2 aliphatic heterocycles. The minimum absolute atomic E-state index is 0.244. The lowest BCUT2D eigenvalue weighted by molar-refractivity contribution is -0.131. The van der Waals surface area contributed by atoms with Crippen molar-refractivity contribution < 1.29 is 9.53 Å². The molecule has 0 aliphatic carbocycles. The highest BCUT2D eigenvalue weighted by Crippen LogP contribution is 2.36. The van der Waals surface area contributed by atoms with Crippen molar-refractivity contribution in [2.75, 3.05) is 33.8 Å². The van der Waals surface area contributed by atoms with Gasteiger partial charge in [0.05, 0.1) is 6.10 Å². The van der Waals surface area contributed by atoms with Gasteiger partial charge in [0, 0.05) is 45.1 Å². The average molecular weight is 345 g/mol. The van der Waals surface area contributed by atoms with Gasteiger partial charge in [0.1, 0.15) is 0 Å². The minimum atomic E-state index is 0.244. The van der Waals surface area contributed by atoms with Crippen LogP contribution >= 0.6 is 0 Å². The van der Waals surface area contributed by atoms with Crippen LogP contribution in [0.2, 0.25) is 0 Å². The van der Waals surface area contributed by atoms with E-state index in [9.17, 15) is 4.79 Å². The molecule has 0 N–H and O–H groups in total. The van der Waals surface area contributed by atoms with Crippen LogP contribution in [0.5, 0.6) is 0 Å². The molecule has 0 unspecified atom stereocenters. The first-order valence-electron chi connectivity index (χ1n) is 9.61. The van der Waals surface area contributed by atoms with Crippen LogP contribution in [-0.4, -0.2) is 60.6 Å². The quantitative estimate of drug-likeness (QED) is 0.795. The number of pyridine rings is 1. The van der Waals surface area contributed by atoms with Crippen molar-refractivity contribution in [2.45, 2.75) is 50.7 Å². The Hall–Kier alpha value is -1.46. The molecule has 2 fully saturated rings. The van der Waals surface area contributed by atoms with E-state index in [0.29, 0.717) is 18.4 Å². The number of likely N-dealkylation sites (tertiary alicyclic amines) is 1. The largest absolute Gasteiger partial charge is 0.378 e. The summed E-state index contributed by atoms with van der Waals surface area (Å²) in [7, 11) is 4.11. The Labute approximate surface area is 151 Å². The van der Waals surface area contributed by atoms with Crippen molar-refractivity contribution in [3.05, 3.63) is 30.1 Å². The molecule has 3 rings (SSSR count). The fourth-order valence-electron chi connectivity index (χ4n) is 4.26. The third kappa shape index (κ3) is 4.79. The molecule has 0 saturated carbocycles. The van der Waals surface area contributed by atoms with E-state index in [2.05, 4.69) is 23.0 Å². The van der Waals surface area contributed by atoms with Crippen molar-refractivity contribution in [1.82, 2.24) is 14.8 Å². The Balaban J connectivity index is 1.52. The second-order valence-electron chi connectivity index (χ2n) is 7.56. The van der Waals surface area contributed by atoms with Gasteiger partial charge in [-0.2, -0.15) is 0 Å². The number of rotatable bonds is 6. The van der Waals surface area contributed by atoms with Crippen LogP contribution in [0, 0.1) is 5.92 Å². The maximum Gasteiger partial charge on any atom is 0.222 e. The highest BCUT2D eigenvalue weighted by molar-refractivity contribution is 5.75. The molecular weight excluding hydrogens is 314 g/mol. The third-order valence-corrected chi connectivity index (χ3v) is 5.69. The van der Waals surface area contributed by atoms with Crippen LogP contribution < -0.4 is 0 Å². The summed E-state index contributed by atoms with van der Waals surface area (Å²) in [6.45, 7) is 2.74. The number of hydrogen-bond donors (Lipinski definition) is 0. The summed E-state index contributed by atoms with van der Waals surface area (Å²) >= 11 is 0. The average Bonchev–Trinajstić information content (AvgIpc) is 3.01. The van der Waals surface area contributed by atoms with E-state index >= 15 is 0 Å². The third-order valence-electron chi connectivity index (χ3n) is 5.69. The molecule has 3 heterocycles. The molecule has 1 amide bonds. The molecule has 25 heavy (non-hydrogen) atoms. The Morgan fingerprint density at radius 1 is 1.40 bits per heavy atom. The van der Waals surface area contributed by atoms with Crippen molar-refractivity contribution in [2.24, 2.45) is 5.92 Å². The molecule has 0 aromatic carbocycles. The van der Waals surface area contributed by atoms with Gasteiger partial charge in [0.2, 0.25) is 5.91 Å². The molecule has 0 radical (unpaired) electrons. The Kier molecular flexibility index (Phi) is 6.43. The van der Waals surface area contributed by atoms with E-state index < -0.39 is 0 Å². The molecule has 0 bridgehead atoms. The summed E-state index contributed by atoms with van der Waals surface area (Å²) in [6, 6.07) is 4.50. The minimum Gasteiger partial charge on any atom is -0.378 e. The molecule has 2 aliphatic rings. The van der Waals surface area contributed by atoms with Crippen LogP contribution in [-0.2, 0) is 9.53 Å². The zero-order chi connectivity index (χ0) is 17.6. The van der Waals surface area contributed by atoms with E-state index in [1.807, 2.05) is 30.4 Å². The molecule has 1 aromatic heterocycles. The normalized spacial score (nSPS) is 27.4. The maximum atomic E-state index is 12.5. The summed E-state index contributed by atoms with van der Waals surface area (Å²) in [4.78, 5) is 21.1. The van der Waals surface area contributed by atoms with Gasteiger partial charge < -0.3 is 9.64 Å². The van der Waals surface area contributed by atoms with Gasteiger partial charge in [0.15, 0.2) is 0 Å². The molecule has 138 valence electrons. The standard InChI is InChI=1S/C20H31N3O2/c1-22-12-10-17(20(22)16-6-5-11-21-14-16)15-23(2)19(24)9-8-18-7-3-4-13-25-18/h5-6,11,14,17-18,20H,3-4,7-10,12-13,15H2,1-2H3/t17-,18-,20-/m0/s1. The fraction of sp³-hybridized carbons (Fsp3) is 0.700. The predicted octanol–water partition coefficient (Wildman–Crippen LogP) is 2.88. The fourth-order valence-corrected chi connectivity index (χ4v) is 4.26. The number of aromatic nitrogens is 1. The zero-order valence-electron chi connectivity index (χ0n) is 15.6. The molecule has 0 spiro atoms. The number of carbonyl (C=O) groups is 1. The van der Waals surface area contributed by atoms with Crippen molar-refractivity contribution in [3.63, 3.8) is 0 Å². The summed E-state index contributed by atoms with van der Waals surface area (Å²) in [5.74, 6) is 0.711. The SMILES string of the molecule is CN(C[C@@H]1CCN(C)[C@H]1c1cccnc1)C(=O)CC[C@@H]1CCCCO1. The van der Waals surface area contributed by atoms with Gasteiger partial charge >= 0.3 is 0 Å². The van der Waals surface area contributed by atoms with Crippen LogP contribution in [0.4, 0.5) is 0 Å². The van der Waals surface area contributed by atoms with Gasteiger partial charge in [-0.3, -0.25) is 14.7 Å². The van der Waals surface area contributed by atoms with E-state index in [0.717, 1.165) is 45.4 Å². The van der Waals surface area contributed by atoms with Crippen LogP contribution in [0.3, 0.4) is 0 Å². The number of ether oxygens (including phenoxy) is 1. The lowest BCUT2D eigenvalue weighted by Crippen LogP contribution is -2.35. The van der Waals surface area contributed by atoms with Crippen molar-refractivity contribution >= 4 is 5.91 Å². The number of nitrogens with zero attached hydrogens (tertiary/aromatic N) is 3. The molecule has 3 atom stereocenters. The van der Waals surface area contributed by atoms with Gasteiger partial charge in [-0.05, 0) is 63.2 Å². The smallest absolute Gasteiger partial charge is 0.222 e. The number of hydrogen-bond acceptors (Lipinski definition) is 4. The molecule has 5 nitrogen and oxygen atoms in total. The van der Waals surface area contributed by atoms with Gasteiger partial charge in [-0.1, -0.05) is 6.07 Å². The van der Waals surface area contributed by atoms with Gasteiger partial charge in [-0.15, -0.1) is 0 Å². The van der Waals surface area contributed by atoms with E-state index in [-0.39, 0.29) is 12.0 Å². The number of amides is 1. The first kappa shape index (κ1) is 18.3. The highest BCUT2D eigenvalue weighted by Gasteiger charge is 2.34. The first-order valence-corrected chi connectivity index (χ1v) is 9.61. The molecule has 5 heteroatoms. The Bertz CT molecular complexity index is 545. The first-order chi connectivity index (χ1) is 12.1. The predicted molar refractivity (Wildman–Crippen MR) is 98.2 cm³/mol. The molecular formula is C20H31N3O2. The Morgan fingerprint density at radius 2 is 2.28 bits per heavy atom. The lowest BCUT2D eigenvalue weighted by atomic mass is 9.94.